The summed E-state index contributed by atoms with van der Waals surface area (Å²) in [7, 11) is 0. The average molecular weight is 139 g/mol. The summed E-state index contributed by atoms with van der Waals surface area (Å²) >= 11 is 0. The smallest absolute Gasteiger partial charge is 0.0279 e. The minimum absolute atomic E-state index is 0.704. The van der Waals surface area contributed by atoms with Crippen LogP contribution in [0.4, 0.5) is 0 Å². The molecule has 1 aliphatic rings. The third-order valence-electron chi connectivity index (χ3n) is 2.29. The van der Waals surface area contributed by atoms with Gasteiger partial charge in [-0.25, -0.2) is 0 Å². The van der Waals surface area contributed by atoms with Crippen molar-refractivity contribution in [2.24, 2.45) is 0 Å². The summed E-state index contributed by atoms with van der Waals surface area (Å²) in [6.07, 6.45) is 6.15. The van der Waals surface area contributed by atoms with E-state index in [1.54, 1.807) is 5.57 Å². The van der Waals surface area contributed by atoms with Crippen molar-refractivity contribution in [3.8, 4) is 0 Å². The summed E-state index contributed by atoms with van der Waals surface area (Å²) < 4.78 is 0. The van der Waals surface area contributed by atoms with Gasteiger partial charge >= 0.3 is 0 Å². The largest absolute Gasteiger partial charge is 0.310 e. The van der Waals surface area contributed by atoms with Gasteiger partial charge in [-0.3, -0.25) is 0 Å². The maximum atomic E-state index is 3.49. The molecule has 0 aliphatic carbocycles. The Balaban J connectivity index is 2.45. The topological polar surface area (TPSA) is 12.0 Å². The van der Waals surface area contributed by atoms with Gasteiger partial charge in [-0.15, -0.1) is 0 Å². The molecule has 0 aromatic carbocycles. The average Bonchev–Trinajstić information content (AvgIpc) is 2.43. The molecule has 0 saturated carbocycles. The number of hydrogen-bond donors (Lipinski definition) is 1. The van der Waals surface area contributed by atoms with E-state index in [-0.39, 0.29) is 0 Å². The lowest BCUT2D eigenvalue weighted by Gasteiger charge is -2.12. The predicted molar refractivity (Wildman–Crippen MR) is 45.1 cm³/mol. The van der Waals surface area contributed by atoms with Gasteiger partial charge in [0.15, 0.2) is 0 Å². The molecule has 58 valence electrons. The van der Waals surface area contributed by atoms with Crippen molar-refractivity contribution < 1.29 is 0 Å². The molecule has 0 aromatic heterocycles. The van der Waals surface area contributed by atoms with Crippen molar-refractivity contribution in [1.82, 2.24) is 5.32 Å². The molecule has 1 N–H and O–H groups in total. The highest BCUT2D eigenvalue weighted by Gasteiger charge is 2.15. The molecule has 1 saturated heterocycles. The fraction of sp³-hybridized carbons (Fsp3) is 0.778. The monoisotopic (exact) mass is 139 g/mol. The van der Waals surface area contributed by atoms with Gasteiger partial charge in [0.1, 0.15) is 0 Å². The molecule has 0 aromatic rings. The van der Waals surface area contributed by atoms with Crippen LogP contribution < -0.4 is 5.32 Å². The molecule has 0 bridgehead atoms. The third kappa shape index (κ3) is 1.60. The molecule has 0 amide bonds. The minimum atomic E-state index is 0.704. The molecule has 1 atom stereocenters. The quantitative estimate of drug-likeness (QED) is 0.578. The molecular weight excluding hydrogens is 122 g/mol. The lowest BCUT2D eigenvalue weighted by molar-refractivity contribution is 0.667. The van der Waals surface area contributed by atoms with Crippen molar-refractivity contribution in [1.29, 1.82) is 0 Å². The van der Waals surface area contributed by atoms with Gasteiger partial charge in [0.2, 0.25) is 0 Å². The van der Waals surface area contributed by atoms with Crippen LogP contribution in [0.2, 0.25) is 0 Å². The normalized spacial score (nSPS) is 27.4. The van der Waals surface area contributed by atoms with E-state index >= 15 is 0 Å². The highest BCUT2D eigenvalue weighted by Crippen LogP contribution is 2.16. The van der Waals surface area contributed by atoms with Crippen LogP contribution in [0.3, 0.4) is 0 Å². The van der Waals surface area contributed by atoms with Gasteiger partial charge in [0.25, 0.3) is 0 Å². The molecule has 1 fully saturated rings. The fourth-order valence-electron chi connectivity index (χ4n) is 1.65. The lowest BCUT2D eigenvalue weighted by Crippen LogP contribution is -2.23. The van der Waals surface area contributed by atoms with Crippen molar-refractivity contribution in [3.05, 3.63) is 11.6 Å². The summed E-state index contributed by atoms with van der Waals surface area (Å²) in [6.45, 7) is 5.58. The molecule has 1 unspecified atom stereocenters. The van der Waals surface area contributed by atoms with Crippen LogP contribution in [0.25, 0.3) is 0 Å². The summed E-state index contributed by atoms with van der Waals surface area (Å²) in [5.74, 6) is 0. The summed E-state index contributed by atoms with van der Waals surface area (Å²) in [6, 6.07) is 0.704. The van der Waals surface area contributed by atoms with Crippen molar-refractivity contribution in [2.75, 3.05) is 6.54 Å². The van der Waals surface area contributed by atoms with Crippen molar-refractivity contribution in [2.45, 2.75) is 39.2 Å². The first-order valence-electron chi connectivity index (χ1n) is 4.27. The van der Waals surface area contributed by atoms with E-state index in [1.807, 2.05) is 0 Å². The highest BCUT2D eigenvalue weighted by atomic mass is 14.9. The van der Waals surface area contributed by atoms with Gasteiger partial charge in [-0.2, -0.15) is 0 Å². The zero-order valence-electron chi connectivity index (χ0n) is 6.98. The Kier molecular flexibility index (Phi) is 2.94. The van der Waals surface area contributed by atoms with Crippen LogP contribution in [0.15, 0.2) is 11.6 Å². The second kappa shape index (κ2) is 3.77. The molecule has 1 aliphatic heterocycles. The number of rotatable bonds is 2. The lowest BCUT2D eigenvalue weighted by atomic mass is 10.0. The van der Waals surface area contributed by atoms with Gasteiger partial charge in [0, 0.05) is 6.04 Å². The SMILES string of the molecule is C/C=C(/CC)C1CCCN1. The Labute approximate surface area is 63.5 Å². The first-order chi connectivity index (χ1) is 4.88. The van der Waals surface area contributed by atoms with Crippen LogP contribution in [0, 0.1) is 0 Å². The van der Waals surface area contributed by atoms with Crippen LogP contribution >= 0.6 is 0 Å². The molecular formula is C9H17N. The molecule has 1 heteroatoms. The predicted octanol–water partition coefficient (Wildman–Crippen LogP) is 2.09. The Hall–Kier alpha value is -0.300. The minimum Gasteiger partial charge on any atom is -0.310 e. The molecule has 1 nitrogen and oxygen atoms in total. The molecule has 10 heavy (non-hydrogen) atoms. The van der Waals surface area contributed by atoms with E-state index in [4.69, 9.17) is 0 Å². The third-order valence-corrected chi connectivity index (χ3v) is 2.29. The summed E-state index contributed by atoms with van der Waals surface area (Å²) in [5.41, 5.74) is 1.58. The van der Waals surface area contributed by atoms with Crippen LogP contribution in [0.1, 0.15) is 33.1 Å². The molecule has 0 radical (unpaired) electrons. The first kappa shape index (κ1) is 7.80. The van der Waals surface area contributed by atoms with Crippen molar-refractivity contribution >= 4 is 0 Å². The number of hydrogen-bond acceptors (Lipinski definition) is 1. The maximum absolute atomic E-state index is 3.49. The Bertz CT molecular complexity index is 121. The van der Waals surface area contributed by atoms with Crippen LogP contribution in [0.5, 0.6) is 0 Å². The second-order valence-electron chi connectivity index (χ2n) is 2.87. The summed E-state index contributed by atoms with van der Waals surface area (Å²) in [5, 5.41) is 3.49. The highest BCUT2D eigenvalue weighted by molar-refractivity contribution is 5.10. The Morgan fingerprint density at radius 3 is 2.90 bits per heavy atom. The maximum Gasteiger partial charge on any atom is 0.0279 e. The van der Waals surface area contributed by atoms with E-state index < -0.39 is 0 Å². The van der Waals surface area contributed by atoms with E-state index in [0.717, 1.165) is 0 Å². The summed E-state index contributed by atoms with van der Waals surface area (Å²) in [4.78, 5) is 0. The first-order valence-corrected chi connectivity index (χ1v) is 4.27. The Morgan fingerprint density at radius 1 is 1.70 bits per heavy atom. The van der Waals surface area contributed by atoms with E-state index in [9.17, 15) is 0 Å². The number of allylic oxidation sites excluding steroid dienone is 1. The van der Waals surface area contributed by atoms with E-state index in [1.165, 1.54) is 25.8 Å². The van der Waals surface area contributed by atoms with E-state index in [0.29, 0.717) is 6.04 Å². The van der Waals surface area contributed by atoms with Gasteiger partial charge in [-0.1, -0.05) is 18.6 Å². The van der Waals surface area contributed by atoms with Gasteiger partial charge in [-0.05, 0) is 32.7 Å². The van der Waals surface area contributed by atoms with E-state index in [2.05, 4.69) is 25.2 Å². The molecule has 0 spiro atoms. The fourth-order valence-corrected chi connectivity index (χ4v) is 1.65. The van der Waals surface area contributed by atoms with Crippen LogP contribution in [-0.2, 0) is 0 Å². The second-order valence-corrected chi connectivity index (χ2v) is 2.87. The molecule has 1 rings (SSSR count). The standard InChI is InChI=1S/C9H17N/c1-3-8(4-2)9-6-5-7-10-9/h3,9-10H,4-7H2,1-2H3/b8-3-. The Morgan fingerprint density at radius 2 is 2.50 bits per heavy atom. The zero-order chi connectivity index (χ0) is 7.40. The van der Waals surface area contributed by atoms with Crippen molar-refractivity contribution in [3.63, 3.8) is 0 Å². The zero-order valence-corrected chi connectivity index (χ0v) is 6.98. The molecule has 1 heterocycles. The van der Waals surface area contributed by atoms with Crippen LogP contribution in [-0.4, -0.2) is 12.6 Å². The van der Waals surface area contributed by atoms with Gasteiger partial charge < -0.3 is 5.32 Å². The number of nitrogens with one attached hydrogen (secondary N) is 1. The van der Waals surface area contributed by atoms with Gasteiger partial charge in [0.05, 0.1) is 0 Å².